The van der Waals surface area contributed by atoms with Gasteiger partial charge in [0.15, 0.2) is 0 Å². The van der Waals surface area contributed by atoms with Crippen molar-refractivity contribution >= 4 is 11.4 Å². The van der Waals surface area contributed by atoms with Crippen LogP contribution in [0, 0.1) is 15.9 Å². The molecule has 1 heterocycles. The van der Waals surface area contributed by atoms with E-state index in [1.165, 1.54) is 12.1 Å². The smallest absolute Gasteiger partial charge is 0.327 e. The second-order valence-corrected chi connectivity index (χ2v) is 3.75. The third-order valence-electron chi connectivity index (χ3n) is 2.65. The molecule has 1 aliphatic heterocycles. The highest BCUT2D eigenvalue weighted by Gasteiger charge is 2.28. The summed E-state index contributed by atoms with van der Waals surface area (Å²) >= 11 is 0. The predicted molar refractivity (Wildman–Crippen MR) is 55.9 cm³/mol. The lowest BCUT2D eigenvalue weighted by Crippen LogP contribution is -2.22. The summed E-state index contributed by atoms with van der Waals surface area (Å²) < 4.78 is 13.3. The summed E-state index contributed by atoms with van der Waals surface area (Å²) in [7, 11) is 0. The minimum absolute atomic E-state index is 0.238. The zero-order valence-electron chi connectivity index (χ0n) is 8.47. The van der Waals surface area contributed by atoms with Gasteiger partial charge in [-0.15, -0.1) is 0 Å². The molecule has 6 heteroatoms. The summed E-state index contributed by atoms with van der Waals surface area (Å²) in [4.78, 5) is 11.7. The molecule has 5 nitrogen and oxygen atoms in total. The molecule has 0 bridgehead atoms. The molecule has 0 unspecified atom stereocenters. The van der Waals surface area contributed by atoms with E-state index in [0.717, 1.165) is 6.07 Å². The molecule has 1 N–H and O–H groups in total. The summed E-state index contributed by atoms with van der Waals surface area (Å²) in [6.45, 7) is 0.815. The molecule has 0 spiro atoms. The third kappa shape index (κ3) is 1.83. The Morgan fingerprint density at radius 1 is 1.56 bits per heavy atom. The Bertz CT molecular complexity index is 425. The molecule has 1 aromatic carbocycles. The molecule has 1 fully saturated rings. The van der Waals surface area contributed by atoms with Crippen LogP contribution in [0.3, 0.4) is 0 Å². The van der Waals surface area contributed by atoms with Crippen molar-refractivity contribution in [2.75, 3.05) is 18.0 Å². The minimum Gasteiger partial charge on any atom is -0.391 e. The van der Waals surface area contributed by atoms with Crippen molar-refractivity contribution in [3.63, 3.8) is 0 Å². The molecule has 0 saturated carbocycles. The van der Waals surface area contributed by atoms with Gasteiger partial charge in [-0.1, -0.05) is 6.07 Å². The molecule has 1 saturated heterocycles. The van der Waals surface area contributed by atoms with Crippen LogP contribution >= 0.6 is 0 Å². The van der Waals surface area contributed by atoms with Crippen LogP contribution in [0.2, 0.25) is 0 Å². The summed E-state index contributed by atoms with van der Waals surface area (Å²) in [6.07, 6.45) is 0.0519. The van der Waals surface area contributed by atoms with Gasteiger partial charge >= 0.3 is 5.69 Å². The lowest BCUT2D eigenvalue weighted by Gasteiger charge is -2.17. The van der Waals surface area contributed by atoms with Gasteiger partial charge in [-0.25, -0.2) is 0 Å². The molecule has 0 radical (unpaired) electrons. The Morgan fingerprint density at radius 3 is 2.88 bits per heavy atom. The number of para-hydroxylation sites is 1. The zero-order valence-corrected chi connectivity index (χ0v) is 8.47. The average molecular weight is 226 g/mol. The second-order valence-electron chi connectivity index (χ2n) is 3.75. The summed E-state index contributed by atoms with van der Waals surface area (Å²) in [5.41, 5.74) is -0.279. The predicted octanol–water partition coefficient (Wildman–Crippen LogP) is 1.30. The number of β-amino-alcohol motifs (C(OH)–C–C–N with tert-alkyl or cyclic N) is 1. The number of aliphatic hydroxyl groups excluding tert-OH is 1. The van der Waals surface area contributed by atoms with Crippen molar-refractivity contribution < 1.29 is 14.4 Å². The van der Waals surface area contributed by atoms with Gasteiger partial charge in [0.25, 0.3) is 0 Å². The molecular formula is C10H11FN2O3. The number of anilines is 1. The lowest BCUT2D eigenvalue weighted by atomic mass is 10.2. The first-order valence-electron chi connectivity index (χ1n) is 4.95. The fraction of sp³-hybridized carbons (Fsp3) is 0.400. The van der Waals surface area contributed by atoms with E-state index in [0.29, 0.717) is 19.5 Å². The van der Waals surface area contributed by atoms with E-state index >= 15 is 0 Å². The Morgan fingerprint density at radius 2 is 2.31 bits per heavy atom. The number of rotatable bonds is 2. The Hall–Kier alpha value is -1.69. The van der Waals surface area contributed by atoms with Crippen molar-refractivity contribution in [2.24, 2.45) is 0 Å². The molecule has 86 valence electrons. The Labute approximate surface area is 91.3 Å². The van der Waals surface area contributed by atoms with Crippen LogP contribution in [0.4, 0.5) is 15.8 Å². The maximum absolute atomic E-state index is 13.3. The fourth-order valence-corrected chi connectivity index (χ4v) is 1.90. The van der Waals surface area contributed by atoms with Gasteiger partial charge in [0.1, 0.15) is 5.69 Å². The van der Waals surface area contributed by atoms with Crippen LogP contribution in [0.5, 0.6) is 0 Å². The first-order chi connectivity index (χ1) is 7.59. The SMILES string of the molecule is O=[N+]([O-])c1c(F)cccc1N1CC[C@@H](O)C1. The second kappa shape index (κ2) is 4.05. The van der Waals surface area contributed by atoms with E-state index in [1.54, 1.807) is 4.90 Å². The highest BCUT2D eigenvalue weighted by Crippen LogP contribution is 2.32. The number of nitro groups is 1. The molecular weight excluding hydrogens is 215 g/mol. The first kappa shape index (κ1) is 10.8. The number of aliphatic hydroxyl groups is 1. The van der Waals surface area contributed by atoms with Crippen molar-refractivity contribution in [1.82, 2.24) is 0 Å². The number of hydrogen-bond acceptors (Lipinski definition) is 4. The van der Waals surface area contributed by atoms with Crippen LogP contribution in [-0.2, 0) is 0 Å². The number of nitro benzene ring substituents is 1. The van der Waals surface area contributed by atoms with E-state index < -0.39 is 22.5 Å². The molecule has 1 aliphatic rings. The van der Waals surface area contributed by atoms with Gasteiger partial charge in [-0.3, -0.25) is 10.1 Å². The maximum Gasteiger partial charge on any atom is 0.327 e. The van der Waals surface area contributed by atoms with Gasteiger partial charge in [-0.05, 0) is 18.6 Å². The first-order valence-corrected chi connectivity index (χ1v) is 4.95. The van der Waals surface area contributed by atoms with Gasteiger partial charge in [0.2, 0.25) is 5.82 Å². The molecule has 0 aromatic heterocycles. The fourth-order valence-electron chi connectivity index (χ4n) is 1.90. The van der Waals surface area contributed by atoms with Gasteiger partial charge in [0, 0.05) is 13.1 Å². The summed E-state index contributed by atoms with van der Waals surface area (Å²) in [6, 6.07) is 4.00. The van der Waals surface area contributed by atoms with Gasteiger partial charge < -0.3 is 10.0 Å². The number of halogens is 1. The van der Waals surface area contributed by atoms with Crippen molar-refractivity contribution in [1.29, 1.82) is 0 Å². The van der Waals surface area contributed by atoms with Crippen molar-refractivity contribution in [3.05, 3.63) is 34.1 Å². The highest BCUT2D eigenvalue weighted by molar-refractivity contribution is 5.64. The molecule has 2 rings (SSSR count). The molecule has 0 amide bonds. The van der Waals surface area contributed by atoms with E-state index in [2.05, 4.69) is 0 Å². The van der Waals surface area contributed by atoms with E-state index in [1.807, 2.05) is 0 Å². The minimum atomic E-state index is -0.844. The number of nitrogens with zero attached hydrogens (tertiary/aromatic N) is 2. The largest absolute Gasteiger partial charge is 0.391 e. The van der Waals surface area contributed by atoms with Crippen LogP contribution in [0.25, 0.3) is 0 Å². The Balaban J connectivity index is 2.40. The van der Waals surface area contributed by atoms with Gasteiger partial charge in [0.05, 0.1) is 11.0 Å². The van der Waals surface area contributed by atoms with Crippen LogP contribution in [0.15, 0.2) is 18.2 Å². The Kier molecular flexibility index (Phi) is 2.74. The third-order valence-corrected chi connectivity index (χ3v) is 2.65. The van der Waals surface area contributed by atoms with E-state index in [4.69, 9.17) is 0 Å². The summed E-state index contributed by atoms with van der Waals surface area (Å²) in [5.74, 6) is -0.844. The maximum atomic E-state index is 13.3. The molecule has 0 aliphatic carbocycles. The molecule has 1 atom stereocenters. The van der Waals surface area contributed by atoms with E-state index in [9.17, 15) is 19.6 Å². The lowest BCUT2D eigenvalue weighted by molar-refractivity contribution is -0.386. The van der Waals surface area contributed by atoms with Crippen LogP contribution in [0.1, 0.15) is 6.42 Å². The monoisotopic (exact) mass is 226 g/mol. The number of benzene rings is 1. The molecule has 16 heavy (non-hydrogen) atoms. The highest BCUT2D eigenvalue weighted by atomic mass is 19.1. The summed E-state index contributed by atoms with van der Waals surface area (Å²) in [5, 5.41) is 20.1. The quantitative estimate of drug-likeness (QED) is 0.609. The number of hydrogen-bond donors (Lipinski definition) is 1. The zero-order chi connectivity index (χ0) is 11.7. The normalized spacial score (nSPS) is 20.1. The van der Waals surface area contributed by atoms with E-state index in [-0.39, 0.29) is 5.69 Å². The van der Waals surface area contributed by atoms with Crippen molar-refractivity contribution in [2.45, 2.75) is 12.5 Å². The van der Waals surface area contributed by atoms with Crippen LogP contribution in [-0.4, -0.2) is 29.2 Å². The van der Waals surface area contributed by atoms with Crippen molar-refractivity contribution in [3.8, 4) is 0 Å². The standard InChI is InChI=1S/C10H11FN2O3/c11-8-2-1-3-9(10(8)13(15)16)12-5-4-7(14)6-12/h1-3,7,14H,4-6H2/t7-/m1/s1. The average Bonchev–Trinajstić information content (AvgIpc) is 2.63. The topological polar surface area (TPSA) is 66.6 Å². The molecule has 1 aromatic rings. The van der Waals surface area contributed by atoms with Gasteiger partial charge in [-0.2, -0.15) is 4.39 Å². The van der Waals surface area contributed by atoms with Crippen LogP contribution < -0.4 is 4.90 Å².